The molecule has 0 amide bonds. The maximum atomic E-state index is 12.0. The van der Waals surface area contributed by atoms with Crippen LogP contribution in [0.3, 0.4) is 0 Å². The molecular weight excluding hydrogens is 246 g/mol. The van der Waals surface area contributed by atoms with Crippen LogP contribution in [-0.2, 0) is 19.6 Å². The first-order valence-corrected chi connectivity index (χ1v) is 5.33. The van der Waals surface area contributed by atoms with Gasteiger partial charge in [-0.2, -0.15) is 0 Å². The van der Waals surface area contributed by atoms with Crippen LogP contribution in [0, 0.1) is 37.0 Å². The molecule has 1 heterocycles. The lowest BCUT2D eigenvalue weighted by Crippen LogP contribution is -2.54. The zero-order valence-corrected chi connectivity index (χ0v) is 10.1. The average molecular weight is 257 g/mol. The van der Waals surface area contributed by atoms with E-state index in [0.29, 0.717) is 0 Å². The third-order valence-corrected chi connectivity index (χ3v) is 2.36. The molecule has 0 N–H and O–H groups in total. The van der Waals surface area contributed by atoms with E-state index in [4.69, 9.17) is 19.3 Å². The van der Waals surface area contributed by atoms with E-state index < -0.39 is 17.1 Å². The molecule has 0 atom stereocenters. The molecule has 19 heavy (non-hydrogen) atoms. The summed E-state index contributed by atoms with van der Waals surface area (Å²) < 4.78 is 2.40. The Balaban J connectivity index is 3.67. The highest BCUT2D eigenvalue weighted by Crippen LogP contribution is 1.80. The molecule has 0 aromatic carbocycles. The van der Waals surface area contributed by atoms with Crippen molar-refractivity contribution in [1.82, 2.24) is 13.7 Å². The highest BCUT2D eigenvalue weighted by Gasteiger charge is 2.13. The summed E-state index contributed by atoms with van der Waals surface area (Å²) in [7, 11) is 0. The van der Waals surface area contributed by atoms with Gasteiger partial charge < -0.3 is 0 Å². The second-order valence-electron chi connectivity index (χ2n) is 3.53. The molecule has 1 aromatic rings. The van der Waals surface area contributed by atoms with E-state index >= 15 is 0 Å². The van der Waals surface area contributed by atoms with Crippen molar-refractivity contribution in [2.24, 2.45) is 0 Å². The van der Waals surface area contributed by atoms with Crippen LogP contribution in [0.4, 0.5) is 0 Å². The predicted molar refractivity (Wildman–Crippen MR) is 70.3 cm³/mol. The highest BCUT2D eigenvalue weighted by molar-refractivity contribution is 4.93. The van der Waals surface area contributed by atoms with Crippen molar-refractivity contribution >= 4 is 0 Å². The smallest absolute Gasteiger partial charge is 0.247 e. The van der Waals surface area contributed by atoms with Crippen LogP contribution < -0.4 is 17.1 Å². The fraction of sp³-hybridized carbons (Fsp3) is 0.308. The maximum Gasteiger partial charge on any atom is 0.338 e. The molecule has 0 saturated heterocycles. The largest absolute Gasteiger partial charge is 0.338 e. The van der Waals surface area contributed by atoms with Gasteiger partial charge in [0.05, 0.1) is 13.1 Å². The Labute approximate surface area is 109 Å². The van der Waals surface area contributed by atoms with Gasteiger partial charge in [-0.05, 0) is 0 Å². The van der Waals surface area contributed by atoms with Crippen molar-refractivity contribution in [2.45, 2.75) is 26.1 Å². The maximum absolute atomic E-state index is 12.0. The quantitative estimate of drug-likeness (QED) is 0.614. The Hall–Kier alpha value is -2.91. The minimum atomic E-state index is -0.817. The SMILES string of the molecule is C#CCCn1c(=O)n(CC#C)c(=O)n(CC#C)c1=O. The molecule has 0 aliphatic carbocycles. The molecular formula is C13H11N3O3. The number of hydrogen-bond acceptors (Lipinski definition) is 3. The van der Waals surface area contributed by atoms with Gasteiger partial charge in [0.15, 0.2) is 0 Å². The zero-order valence-electron chi connectivity index (χ0n) is 10.1. The van der Waals surface area contributed by atoms with Crippen LogP contribution in [0.25, 0.3) is 0 Å². The lowest BCUT2D eigenvalue weighted by Gasteiger charge is -2.10. The van der Waals surface area contributed by atoms with Gasteiger partial charge in [0.2, 0.25) is 0 Å². The molecule has 0 aliphatic rings. The normalized spacial score (nSPS) is 9.32. The molecule has 0 aliphatic heterocycles. The van der Waals surface area contributed by atoms with Crippen LogP contribution in [0.15, 0.2) is 14.4 Å². The van der Waals surface area contributed by atoms with E-state index in [9.17, 15) is 14.4 Å². The van der Waals surface area contributed by atoms with Gasteiger partial charge in [0.1, 0.15) is 0 Å². The monoisotopic (exact) mass is 257 g/mol. The molecule has 0 saturated carbocycles. The van der Waals surface area contributed by atoms with E-state index in [1.54, 1.807) is 0 Å². The van der Waals surface area contributed by atoms with Gasteiger partial charge in [0.25, 0.3) is 0 Å². The molecule has 0 radical (unpaired) electrons. The minimum Gasteiger partial charge on any atom is -0.247 e. The summed E-state index contributed by atoms with van der Waals surface area (Å²) in [5.41, 5.74) is -2.38. The third-order valence-electron chi connectivity index (χ3n) is 2.36. The zero-order chi connectivity index (χ0) is 14.4. The van der Waals surface area contributed by atoms with Gasteiger partial charge >= 0.3 is 17.1 Å². The number of nitrogens with zero attached hydrogens (tertiary/aromatic N) is 3. The summed E-state index contributed by atoms with van der Waals surface area (Å²) in [4.78, 5) is 35.8. The van der Waals surface area contributed by atoms with Crippen LogP contribution in [-0.4, -0.2) is 13.7 Å². The number of hydrogen-bond donors (Lipinski definition) is 0. The van der Waals surface area contributed by atoms with Gasteiger partial charge in [-0.15, -0.1) is 25.2 Å². The number of rotatable bonds is 4. The minimum absolute atomic E-state index is 0.00356. The second-order valence-corrected chi connectivity index (χ2v) is 3.53. The molecule has 1 aromatic heterocycles. The molecule has 96 valence electrons. The molecule has 6 nitrogen and oxygen atoms in total. The molecule has 0 fully saturated rings. The van der Waals surface area contributed by atoms with E-state index in [0.717, 1.165) is 13.7 Å². The Morgan fingerprint density at radius 2 is 1.16 bits per heavy atom. The van der Waals surface area contributed by atoms with Crippen molar-refractivity contribution in [3.05, 3.63) is 31.5 Å². The first kappa shape index (κ1) is 14.2. The van der Waals surface area contributed by atoms with Crippen molar-refractivity contribution in [3.8, 4) is 37.0 Å². The van der Waals surface area contributed by atoms with Crippen molar-refractivity contribution in [2.75, 3.05) is 0 Å². The summed E-state index contributed by atoms with van der Waals surface area (Å²) in [6.45, 7) is -0.471. The van der Waals surface area contributed by atoms with Crippen LogP contribution in [0.2, 0.25) is 0 Å². The topological polar surface area (TPSA) is 66.0 Å². The summed E-state index contributed by atoms with van der Waals surface area (Å²) in [6.07, 6.45) is 15.5. The van der Waals surface area contributed by atoms with Crippen molar-refractivity contribution < 1.29 is 0 Å². The van der Waals surface area contributed by atoms with E-state index in [1.165, 1.54) is 0 Å². The molecule has 1 rings (SSSR count). The summed E-state index contributed by atoms with van der Waals surface area (Å²) in [6, 6.07) is 0. The summed E-state index contributed by atoms with van der Waals surface area (Å²) >= 11 is 0. The van der Waals surface area contributed by atoms with Crippen LogP contribution in [0.1, 0.15) is 6.42 Å². The fourth-order valence-corrected chi connectivity index (χ4v) is 1.50. The van der Waals surface area contributed by atoms with Gasteiger partial charge in [-0.3, -0.25) is 0 Å². The molecule has 0 unspecified atom stereocenters. The van der Waals surface area contributed by atoms with Gasteiger partial charge in [0, 0.05) is 13.0 Å². The highest BCUT2D eigenvalue weighted by atomic mass is 16.2. The summed E-state index contributed by atoms with van der Waals surface area (Å²) in [5, 5.41) is 0. The molecule has 0 spiro atoms. The fourth-order valence-electron chi connectivity index (χ4n) is 1.50. The Kier molecular flexibility index (Phi) is 4.57. The first-order chi connectivity index (χ1) is 9.08. The van der Waals surface area contributed by atoms with E-state index in [-0.39, 0.29) is 26.1 Å². The second kappa shape index (κ2) is 6.14. The summed E-state index contributed by atoms with van der Waals surface area (Å²) in [5.74, 6) is 6.67. The van der Waals surface area contributed by atoms with Gasteiger partial charge in [-0.25, -0.2) is 28.1 Å². The lowest BCUT2D eigenvalue weighted by molar-refractivity contribution is 0.488. The molecule has 0 bridgehead atoms. The standard InChI is InChI=1S/C13H11N3O3/c1-4-7-10-16-12(18)14(8-5-2)11(17)15(9-6-3)13(16)19/h1-3H,7-10H2. The predicted octanol–water partition coefficient (Wildman–Crippen LogP) is -1.54. The average Bonchev–Trinajstić information content (AvgIpc) is 2.40. The van der Waals surface area contributed by atoms with Crippen LogP contribution >= 0.6 is 0 Å². The van der Waals surface area contributed by atoms with E-state index in [2.05, 4.69) is 17.8 Å². The lowest BCUT2D eigenvalue weighted by atomic mass is 10.4. The third kappa shape index (κ3) is 2.68. The number of terminal acetylenes is 3. The Morgan fingerprint density at radius 1 is 0.737 bits per heavy atom. The Morgan fingerprint density at radius 3 is 1.53 bits per heavy atom. The Bertz CT molecular complexity index is 718. The first-order valence-electron chi connectivity index (χ1n) is 5.33. The number of aromatic nitrogens is 3. The van der Waals surface area contributed by atoms with E-state index in [1.807, 2.05) is 0 Å². The van der Waals surface area contributed by atoms with Gasteiger partial charge in [-0.1, -0.05) is 11.8 Å². The van der Waals surface area contributed by atoms with Crippen LogP contribution in [0.5, 0.6) is 0 Å². The van der Waals surface area contributed by atoms with Crippen molar-refractivity contribution in [1.29, 1.82) is 0 Å². The molecule has 6 heteroatoms. The van der Waals surface area contributed by atoms with Crippen molar-refractivity contribution in [3.63, 3.8) is 0 Å².